The van der Waals surface area contributed by atoms with E-state index in [2.05, 4.69) is 5.16 Å². The van der Waals surface area contributed by atoms with Crippen LogP contribution in [0.25, 0.3) is 0 Å². The van der Waals surface area contributed by atoms with Gasteiger partial charge in [-0.25, -0.2) is 0 Å². The van der Waals surface area contributed by atoms with Gasteiger partial charge in [0.15, 0.2) is 5.71 Å². The van der Waals surface area contributed by atoms with E-state index >= 15 is 0 Å². The second-order valence-electron chi connectivity index (χ2n) is 2.70. The van der Waals surface area contributed by atoms with Crippen LogP contribution in [0, 0.1) is 11.3 Å². The molecule has 1 aromatic carbocycles. The first-order chi connectivity index (χ1) is 7.31. The third-order valence-corrected chi connectivity index (χ3v) is 1.75. The van der Waals surface area contributed by atoms with Crippen LogP contribution >= 0.6 is 0 Å². The summed E-state index contributed by atoms with van der Waals surface area (Å²) in [6.45, 7) is 2.26. The van der Waals surface area contributed by atoms with Gasteiger partial charge in [-0.15, -0.1) is 0 Å². The van der Waals surface area contributed by atoms with Gasteiger partial charge >= 0.3 is 0 Å². The van der Waals surface area contributed by atoms with Crippen molar-refractivity contribution in [3.63, 3.8) is 0 Å². The number of oxime groups is 1. The van der Waals surface area contributed by atoms with Crippen LogP contribution in [-0.2, 0) is 4.84 Å². The number of methoxy groups -OCH3 is 1. The van der Waals surface area contributed by atoms with E-state index in [1.54, 1.807) is 31.4 Å². The van der Waals surface area contributed by atoms with Gasteiger partial charge in [-0.05, 0) is 31.2 Å². The van der Waals surface area contributed by atoms with Gasteiger partial charge in [0.1, 0.15) is 18.4 Å². The summed E-state index contributed by atoms with van der Waals surface area (Å²) in [4.78, 5) is 4.83. The predicted octanol–water partition coefficient (Wildman–Crippen LogP) is 1.96. The van der Waals surface area contributed by atoms with Gasteiger partial charge in [-0.1, -0.05) is 5.16 Å². The van der Waals surface area contributed by atoms with Crippen molar-refractivity contribution in [1.82, 2.24) is 0 Å². The van der Waals surface area contributed by atoms with E-state index in [-0.39, 0.29) is 5.71 Å². The summed E-state index contributed by atoms with van der Waals surface area (Å²) >= 11 is 0. The van der Waals surface area contributed by atoms with Crippen LogP contribution < -0.4 is 4.74 Å². The Kier molecular flexibility index (Phi) is 4.17. The molecule has 4 heteroatoms. The van der Waals surface area contributed by atoms with Crippen LogP contribution in [0.4, 0.5) is 0 Å². The third-order valence-electron chi connectivity index (χ3n) is 1.75. The molecule has 0 aliphatic carbocycles. The SMILES string of the molecule is CCO/N=C(/C#N)c1ccc(OC)cc1. The molecule has 0 bridgehead atoms. The highest BCUT2D eigenvalue weighted by Gasteiger charge is 2.02. The Morgan fingerprint density at radius 2 is 2.07 bits per heavy atom. The van der Waals surface area contributed by atoms with Crippen molar-refractivity contribution >= 4 is 5.71 Å². The van der Waals surface area contributed by atoms with Crippen molar-refractivity contribution < 1.29 is 9.57 Å². The highest BCUT2D eigenvalue weighted by atomic mass is 16.6. The maximum absolute atomic E-state index is 8.84. The molecule has 0 aliphatic heterocycles. The summed E-state index contributed by atoms with van der Waals surface area (Å²) in [5.41, 5.74) is 0.978. The predicted molar refractivity (Wildman–Crippen MR) is 56.8 cm³/mol. The maximum atomic E-state index is 8.84. The lowest BCUT2D eigenvalue weighted by molar-refractivity contribution is 0.159. The number of rotatable bonds is 4. The largest absolute Gasteiger partial charge is 0.497 e. The first-order valence-corrected chi connectivity index (χ1v) is 4.56. The van der Waals surface area contributed by atoms with E-state index in [0.29, 0.717) is 12.2 Å². The van der Waals surface area contributed by atoms with Gasteiger partial charge in [0.05, 0.1) is 7.11 Å². The molecule has 0 heterocycles. The topological polar surface area (TPSA) is 54.6 Å². The van der Waals surface area contributed by atoms with Crippen LogP contribution in [0.1, 0.15) is 12.5 Å². The minimum atomic E-state index is 0.263. The molecule has 0 fully saturated rings. The zero-order valence-electron chi connectivity index (χ0n) is 8.73. The molecular weight excluding hydrogens is 192 g/mol. The van der Waals surface area contributed by atoms with E-state index in [9.17, 15) is 0 Å². The fraction of sp³-hybridized carbons (Fsp3) is 0.273. The quantitative estimate of drug-likeness (QED) is 0.556. The summed E-state index contributed by atoms with van der Waals surface area (Å²) in [5.74, 6) is 0.743. The first kappa shape index (κ1) is 11.1. The van der Waals surface area contributed by atoms with Crippen LogP contribution in [0.15, 0.2) is 29.4 Å². The molecule has 0 saturated carbocycles. The normalized spacial score (nSPS) is 10.6. The molecule has 1 aromatic rings. The van der Waals surface area contributed by atoms with E-state index in [1.165, 1.54) is 0 Å². The standard InChI is InChI=1S/C11H12N2O2/c1-3-15-13-11(8-12)9-4-6-10(14-2)7-5-9/h4-7H,3H2,1-2H3/b13-11-. The fourth-order valence-electron chi connectivity index (χ4n) is 1.02. The third kappa shape index (κ3) is 2.99. The van der Waals surface area contributed by atoms with Crippen LogP contribution in [0.3, 0.4) is 0 Å². The molecular formula is C11H12N2O2. The summed E-state index contributed by atoms with van der Waals surface area (Å²) in [7, 11) is 1.59. The summed E-state index contributed by atoms with van der Waals surface area (Å²) in [6, 6.07) is 9.05. The molecule has 4 nitrogen and oxygen atoms in total. The van der Waals surface area contributed by atoms with E-state index in [1.807, 2.05) is 13.0 Å². The van der Waals surface area contributed by atoms with Gasteiger partial charge in [0, 0.05) is 5.56 Å². The zero-order valence-corrected chi connectivity index (χ0v) is 8.73. The van der Waals surface area contributed by atoms with Crippen LogP contribution in [0.5, 0.6) is 5.75 Å². The van der Waals surface area contributed by atoms with Gasteiger partial charge in [0.2, 0.25) is 0 Å². The molecule has 0 amide bonds. The van der Waals surface area contributed by atoms with Crippen molar-refractivity contribution in [2.24, 2.45) is 5.16 Å². The number of nitrogens with zero attached hydrogens (tertiary/aromatic N) is 2. The lowest BCUT2D eigenvalue weighted by Gasteiger charge is -2.01. The lowest BCUT2D eigenvalue weighted by Crippen LogP contribution is -1.98. The molecule has 0 unspecified atom stereocenters. The monoisotopic (exact) mass is 204 g/mol. The highest BCUT2D eigenvalue weighted by molar-refractivity contribution is 6.11. The molecule has 0 saturated heterocycles. The van der Waals surface area contributed by atoms with Gasteiger partial charge in [-0.2, -0.15) is 5.26 Å². The summed E-state index contributed by atoms with van der Waals surface area (Å²) in [5, 5.41) is 12.5. The Bertz CT molecular complexity index is 377. The minimum Gasteiger partial charge on any atom is -0.497 e. The molecule has 15 heavy (non-hydrogen) atoms. The molecule has 0 spiro atoms. The molecule has 0 atom stereocenters. The van der Waals surface area contributed by atoms with E-state index in [0.717, 1.165) is 5.75 Å². The Hall–Kier alpha value is -2.02. The van der Waals surface area contributed by atoms with Crippen molar-refractivity contribution in [2.75, 3.05) is 13.7 Å². The molecule has 1 rings (SSSR count). The first-order valence-electron chi connectivity index (χ1n) is 4.56. The Balaban J connectivity index is 2.89. The number of benzene rings is 1. The molecule has 78 valence electrons. The molecule has 0 N–H and O–H groups in total. The zero-order chi connectivity index (χ0) is 11.1. The van der Waals surface area contributed by atoms with E-state index < -0.39 is 0 Å². The minimum absolute atomic E-state index is 0.263. The number of nitriles is 1. The Morgan fingerprint density at radius 1 is 1.40 bits per heavy atom. The molecule has 0 aromatic heterocycles. The summed E-state index contributed by atoms with van der Waals surface area (Å²) < 4.78 is 5.01. The highest BCUT2D eigenvalue weighted by Crippen LogP contribution is 2.11. The van der Waals surface area contributed by atoms with Crippen molar-refractivity contribution in [1.29, 1.82) is 5.26 Å². The van der Waals surface area contributed by atoms with E-state index in [4.69, 9.17) is 14.8 Å². The smallest absolute Gasteiger partial charge is 0.186 e. The Morgan fingerprint density at radius 3 is 2.53 bits per heavy atom. The van der Waals surface area contributed by atoms with Crippen LogP contribution in [0.2, 0.25) is 0 Å². The fourth-order valence-corrected chi connectivity index (χ4v) is 1.02. The second kappa shape index (κ2) is 5.66. The molecule has 0 radical (unpaired) electrons. The maximum Gasteiger partial charge on any atom is 0.186 e. The Labute approximate surface area is 88.7 Å². The average molecular weight is 204 g/mol. The van der Waals surface area contributed by atoms with Gasteiger partial charge in [0.25, 0.3) is 0 Å². The number of ether oxygens (including phenoxy) is 1. The second-order valence-corrected chi connectivity index (χ2v) is 2.70. The van der Waals surface area contributed by atoms with Crippen molar-refractivity contribution in [3.8, 4) is 11.8 Å². The lowest BCUT2D eigenvalue weighted by atomic mass is 10.1. The number of hydrogen-bond donors (Lipinski definition) is 0. The number of hydrogen-bond acceptors (Lipinski definition) is 4. The average Bonchev–Trinajstić information content (AvgIpc) is 2.31. The van der Waals surface area contributed by atoms with Crippen molar-refractivity contribution in [2.45, 2.75) is 6.92 Å². The molecule has 0 aliphatic rings. The summed E-state index contributed by atoms with van der Waals surface area (Å²) in [6.07, 6.45) is 0. The van der Waals surface area contributed by atoms with Gasteiger partial charge in [-0.3, -0.25) is 0 Å². The van der Waals surface area contributed by atoms with Gasteiger partial charge < -0.3 is 9.57 Å². The van der Waals surface area contributed by atoms with Crippen molar-refractivity contribution in [3.05, 3.63) is 29.8 Å². The van der Waals surface area contributed by atoms with Crippen LogP contribution in [-0.4, -0.2) is 19.4 Å².